The Morgan fingerprint density at radius 1 is 1.02 bits per heavy atom. The fourth-order valence-electron chi connectivity index (χ4n) is 4.54. The summed E-state index contributed by atoms with van der Waals surface area (Å²) in [7, 11) is 0. The Labute approximate surface area is 241 Å². The molecule has 3 aromatic carbocycles. The zero-order chi connectivity index (χ0) is 30.0. The molecule has 0 radical (unpaired) electrons. The molecule has 1 atom stereocenters. The molecule has 0 N–H and O–H groups in total. The molecule has 0 amide bonds. The van der Waals surface area contributed by atoms with Crippen LogP contribution in [-0.2, 0) is 9.53 Å². The van der Waals surface area contributed by atoms with Gasteiger partial charge in [-0.1, -0.05) is 59.9 Å². The number of carbonyl (C=O) groups excluding carboxylic acids is 1. The number of non-ortho nitro benzene ring substituents is 1. The summed E-state index contributed by atoms with van der Waals surface area (Å²) in [6, 6.07) is 18.0. The molecule has 1 aromatic heterocycles. The lowest BCUT2D eigenvalue weighted by Gasteiger charge is -2.24. The maximum absolute atomic E-state index is 13.9. The number of thiazole rings is 1. The van der Waals surface area contributed by atoms with Crippen LogP contribution in [0.15, 0.2) is 93.9 Å². The summed E-state index contributed by atoms with van der Waals surface area (Å²) in [6.45, 7) is 3.55. The van der Waals surface area contributed by atoms with Gasteiger partial charge >= 0.3 is 11.7 Å². The number of rotatable bonds is 8. The predicted octanol–water partition coefficient (Wildman–Crippen LogP) is 4.41. The average molecular weight is 587 g/mol. The number of benzene rings is 3. The highest BCUT2D eigenvalue weighted by Gasteiger charge is 2.33. The van der Waals surface area contributed by atoms with Gasteiger partial charge in [0, 0.05) is 11.6 Å². The Hall–Kier alpha value is -5.43. The van der Waals surface area contributed by atoms with Crippen molar-refractivity contribution >= 4 is 34.8 Å². The highest BCUT2D eigenvalue weighted by Crippen LogP contribution is 2.36. The van der Waals surface area contributed by atoms with Gasteiger partial charge in [-0.2, -0.15) is 0 Å². The number of para-hydroxylation sites is 1. The summed E-state index contributed by atoms with van der Waals surface area (Å²) in [4.78, 5) is 53.0. The van der Waals surface area contributed by atoms with Gasteiger partial charge in [-0.25, -0.2) is 9.79 Å². The lowest BCUT2D eigenvalue weighted by atomic mass is 9.96. The highest BCUT2D eigenvalue weighted by atomic mass is 32.1. The van der Waals surface area contributed by atoms with E-state index in [4.69, 9.17) is 9.47 Å². The number of ether oxygens (including phenoxy) is 2. The van der Waals surface area contributed by atoms with E-state index < -0.39 is 38.8 Å². The van der Waals surface area contributed by atoms with Crippen LogP contribution >= 0.6 is 11.3 Å². The third-order valence-corrected chi connectivity index (χ3v) is 7.39. The van der Waals surface area contributed by atoms with Crippen LogP contribution in [0.5, 0.6) is 11.5 Å². The molecule has 1 aliphatic heterocycles. The number of nitro benzene ring substituents is 2. The smallest absolute Gasteiger partial charge is 0.338 e. The number of hydrogen-bond donors (Lipinski definition) is 0. The van der Waals surface area contributed by atoms with Crippen molar-refractivity contribution in [2.75, 3.05) is 6.61 Å². The molecule has 0 aliphatic carbocycles. The van der Waals surface area contributed by atoms with Crippen LogP contribution < -0.4 is 19.6 Å². The largest absolute Gasteiger partial charge is 0.463 e. The molecule has 0 unspecified atom stereocenters. The lowest BCUT2D eigenvalue weighted by molar-refractivity contribution is -0.394. The van der Waals surface area contributed by atoms with E-state index in [1.54, 1.807) is 44.2 Å². The van der Waals surface area contributed by atoms with Crippen molar-refractivity contribution in [3.05, 3.63) is 135 Å². The van der Waals surface area contributed by atoms with Crippen LogP contribution in [0.3, 0.4) is 0 Å². The van der Waals surface area contributed by atoms with Gasteiger partial charge < -0.3 is 9.47 Å². The third-order valence-electron chi connectivity index (χ3n) is 6.41. The second kappa shape index (κ2) is 11.6. The summed E-state index contributed by atoms with van der Waals surface area (Å²) in [5, 5.41) is 22.7. The number of carbonyl (C=O) groups is 1. The van der Waals surface area contributed by atoms with E-state index >= 15 is 0 Å². The molecule has 0 saturated carbocycles. The third kappa shape index (κ3) is 5.32. The van der Waals surface area contributed by atoms with Gasteiger partial charge in [0.2, 0.25) is 5.75 Å². The molecule has 13 heteroatoms. The number of allylic oxidation sites excluding steroid dienone is 1. The minimum Gasteiger partial charge on any atom is -0.463 e. The van der Waals surface area contributed by atoms with E-state index in [0.29, 0.717) is 21.6 Å². The predicted molar refractivity (Wildman–Crippen MR) is 153 cm³/mol. The Bertz CT molecular complexity index is 1950. The second-order valence-corrected chi connectivity index (χ2v) is 10.0. The van der Waals surface area contributed by atoms with Crippen molar-refractivity contribution in [3.8, 4) is 11.5 Å². The topological polar surface area (TPSA) is 156 Å². The Kier molecular flexibility index (Phi) is 7.76. The minimum atomic E-state index is -0.768. The molecule has 0 bridgehead atoms. The Morgan fingerprint density at radius 3 is 2.43 bits per heavy atom. The van der Waals surface area contributed by atoms with Crippen molar-refractivity contribution < 1.29 is 24.1 Å². The standard InChI is InChI=1S/C29H22N4O8S/c1-3-40-28(35)25-17(2)30-29-31(26(25)18-9-5-4-6-10-18)27(34)24(42-29)15-19-11-7-8-12-22(19)41-23-14-13-20(32(36)37)16-21(23)33(38)39/h4-16,26H,3H2,1-2H3/b24-15-/t26-/m1/s1. The van der Waals surface area contributed by atoms with E-state index in [9.17, 15) is 29.8 Å². The summed E-state index contributed by atoms with van der Waals surface area (Å²) in [5.41, 5.74) is 0.389. The van der Waals surface area contributed by atoms with Gasteiger partial charge in [0.25, 0.3) is 11.2 Å². The van der Waals surface area contributed by atoms with E-state index in [0.717, 1.165) is 29.5 Å². The van der Waals surface area contributed by atoms with Crippen LogP contribution in [-0.4, -0.2) is 27.0 Å². The number of nitro groups is 2. The van der Waals surface area contributed by atoms with Crippen molar-refractivity contribution in [3.63, 3.8) is 0 Å². The van der Waals surface area contributed by atoms with Gasteiger partial charge in [0.05, 0.1) is 44.4 Å². The molecule has 5 rings (SSSR count). The summed E-state index contributed by atoms with van der Waals surface area (Å²) >= 11 is 1.12. The van der Waals surface area contributed by atoms with Crippen LogP contribution in [0, 0.1) is 20.2 Å². The van der Waals surface area contributed by atoms with Crippen LogP contribution in [0.2, 0.25) is 0 Å². The second-order valence-electron chi connectivity index (χ2n) is 9.02. The lowest BCUT2D eigenvalue weighted by Crippen LogP contribution is -2.39. The van der Waals surface area contributed by atoms with Gasteiger partial charge in [-0.3, -0.25) is 29.6 Å². The zero-order valence-corrected chi connectivity index (χ0v) is 23.1. The molecule has 0 fully saturated rings. The molecule has 12 nitrogen and oxygen atoms in total. The fraction of sp³-hybridized carbons (Fsp3) is 0.138. The van der Waals surface area contributed by atoms with Crippen LogP contribution in [0.25, 0.3) is 6.08 Å². The van der Waals surface area contributed by atoms with E-state index in [-0.39, 0.29) is 28.2 Å². The molecule has 1 aliphatic rings. The molecular formula is C29H22N4O8S. The van der Waals surface area contributed by atoms with Crippen molar-refractivity contribution in [2.24, 2.45) is 4.99 Å². The van der Waals surface area contributed by atoms with Crippen molar-refractivity contribution in [2.45, 2.75) is 19.9 Å². The molecule has 212 valence electrons. The number of hydrogen-bond acceptors (Lipinski definition) is 10. The maximum Gasteiger partial charge on any atom is 0.338 e. The fourth-order valence-corrected chi connectivity index (χ4v) is 5.58. The monoisotopic (exact) mass is 586 g/mol. The van der Waals surface area contributed by atoms with Crippen molar-refractivity contribution in [1.82, 2.24) is 4.57 Å². The highest BCUT2D eigenvalue weighted by molar-refractivity contribution is 7.07. The zero-order valence-electron chi connectivity index (χ0n) is 22.3. The van der Waals surface area contributed by atoms with Crippen molar-refractivity contribution in [1.29, 1.82) is 0 Å². The molecule has 2 heterocycles. The molecule has 0 spiro atoms. The molecule has 0 saturated heterocycles. The van der Waals surface area contributed by atoms with Gasteiger partial charge in [-0.15, -0.1) is 0 Å². The maximum atomic E-state index is 13.9. The van der Waals surface area contributed by atoms with E-state index in [1.807, 2.05) is 30.3 Å². The Balaban J connectivity index is 1.63. The first-order chi connectivity index (χ1) is 20.2. The van der Waals surface area contributed by atoms with E-state index in [1.165, 1.54) is 4.57 Å². The summed E-state index contributed by atoms with van der Waals surface area (Å²) < 4.78 is 12.9. The number of nitrogens with zero attached hydrogens (tertiary/aromatic N) is 4. The Morgan fingerprint density at radius 2 is 1.74 bits per heavy atom. The minimum absolute atomic E-state index is 0.158. The number of fused-ring (bicyclic) bond motifs is 1. The summed E-state index contributed by atoms with van der Waals surface area (Å²) in [5.74, 6) is -0.583. The summed E-state index contributed by atoms with van der Waals surface area (Å²) in [6.07, 6.45) is 1.57. The average Bonchev–Trinajstić information content (AvgIpc) is 3.27. The molecule has 42 heavy (non-hydrogen) atoms. The molecule has 4 aromatic rings. The first kappa shape index (κ1) is 28.1. The first-order valence-corrected chi connectivity index (χ1v) is 13.5. The number of aromatic nitrogens is 1. The van der Waals surface area contributed by atoms with E-state index in [2.05, 4.69) is 4.99 Å². The molecular weight excluding hydrogens is 564 g/mol. The van der Waals surface area contributed by atoms with Crippen LogP contribution in [0.1, 0.15) is 31.0 Å². The first-order valence-electron chi connectivity index (χ1n) is 12.6. The number of esters is 1. The quantitative estimate of drug-likeness (QED) is 0.167. The SMILES string of the molecule is CCOC(=O)C1=C(C)N=c2s/c(=C\c3ccccc3Oc3ccc([N+](=O)[O-])cc3[N+](=O)[O-])c(=O)n2[C@@H]1c1ccccc1. The van der Waals surface area contributed by atoms with Crippen LogP contribution in [0.4, 0.5) is 11.4 Å². The van der Waals surface area contributed by atoms with Gasteiger partial charge in [0.1, 0.15) is 5.75 Å². The van der Waals surface area contributed by atoms with Gasteiger partial charge in [-0.05, 0) is 37.6 Å². The van der Waals surface area contributed by atoms with Gasteiger partial charge in [0.15, 0.2) is 4.80 Å². The normalized spacial score (nSPS) is 14.6.